The highest BCUT2D eigenvalue weighted by Gasteiger charge is 2.37. The second-order valence-corrected chi connectivity index (χ2v) is 14.0. The summed E-state index contributed by atoms with van der Waals surface area (Å²) in [5, 5.41) is 2.29. The van der Waals surface area contributed by atoms with Crippen LogP contribution in [0.25, 0.3) is 50.0 Å². The molecule has 1 aliphatic rings. The largest absolute Gasteiger partial charge is 0.457 e. The van der Waals surface area contributed by atoms with Gasteiger partial charge in [0.2, 0.25) is 0 Å². The van der Waals surface area contributed by atoms with E-state index in [4.69, 9.17) is 14.7 Å². The molecule has 6 aromatic carbocycles. The van der Waals surface area contributed by atoms with Crippen LogP contribution in [-0.4, -0.2) is 19.1 Å². The van der Waals surface area contributed by atoms with Gasteiger partial charge in [0, 0.05) is 46.7 Å². The van der Waals surface area contributed by atoms with Gasteiger partial charge in [-0.1, -0.05) is 80.6 Å². The minimum Gasteiger partial charge on any atom is -0.457 e. The highest BCUT2D eigenvalue weighted by Crippen LogP contribution is 2.53. The number of aromatic nitrogens is 4. The summed E-state index contributed by atoms with van der Waals surface area (Å²) in [5.74, 6) is 3.25. The van der Waals surface area contributed by atoms with Crippen molar-refractivity contribution in [1.29, 1.82) is 0 Å². The molecule has 250 valence electrons. The summed E-state index contributed by atoms with van der Waals surface area (Å²) in [7, 11) is 2.05. The fourth-order valence-corrected chi connectivity index (χ4v) is 8.08. The van der Waals surface area contributed by atoms with Gasteiger partial charge in [0.25, 0.3) is 0 Å². The molecule has 0 aliphatic carbocycles. The van der Waals surface area contributed by atoms with Crippen LogP contribution in [0.5, 0.6) is 11.5 Å². The van der Waals surface area contributed by atoms with Gasteiger partial charge in [0.1, 0.15) is 23.1 Å². The van der Waals surface area contributed by atoms with E-state index in [2.05, 4.69) is 144 Å². The minimum absolute atomic E-state index is 0.241. The molecule has 52 heavy (non-hydrogen) atoms. The number of hydrogen-bond acceptors (Lipinski definition) is 4. The molecule has 0 atom stereocenters. The average molecular weight is 674 g/mol. The summed E-state index contributed by atoms with van der Waals surface area (Å²) in [6.45, 7) is 4.67. The van der Waals surface area contributed by atoms with Crippen molar-refractivity contribution in [2.45, 2.75) is 19.3 Å². The highest BCUT2D eigenvalue weighted by atomic mass is 16.5. The third-order valence-electron chi connectivity index (χ3n) is 10.6. The fourth-order valence-electron chi connectivity index (χ4n) is 8.08. The molecule has 6 heteroatoms. The summed E-state index contributed by atoms with van der Waals surface area (Å²) in [6.07, 6.45) is 1.86. The number of rotatable bonds is 5. The van der Waals surface area contributed by atoms with Gasteiger partial charge in [-0.15, -0.1) is 0 Å². The van der Waals surface area contributed by atoms with Crippen molar-refractivity contribution in [3.05, 3.63) is 169 Å². The highest BCUT2D eigenvalue weighted by molar-refractivity contribution is 6.12. The molecule has 4 heterocycles. The van der Waals surface area contributed by atoms with E-state index in [1.54, 1.807) is 0 Å². The van der Waals surface area contributed by atoms with Gasteiger partial charge in [-0.3, -0.25) is 4.57 Å². The smallest absolute Gasteiger partial charge is 0.140 e. The van der Waals surface area contributed by atoms with E-state index in [1.807, 2.05) is 48.7 Å². The van der Waals surface area contributed by atoms with E-state index in [9.17, 15) is 0 Å². The zero-order valence-electron chi connectivity index (χ0n) is 29.2. The molecule has 0 saturated carbocycles. The molecule has 0 N–H and O–H groups in total. The van der Waals surface area contributed by atoms with Crippen molar-refractivity contribution in [3.63, 3.8) is 0 Å². The summed E-state index contributed by atoms with van der Waals surface area (Å²) in [5.41, 5.74) is 11.0. The number of imidazole rings is 1. The number of pyridine rings is 1. The van der Waals surface area contributed by atoms with E-state index in [0.29, 0.717) is 0 Å². The van der Waals surface area contributed by atoms with E-state index in [-0.39, 0.29) is 5.41 Å². The first-order valence-electron chi connectivity index (χ1n) is 17.6. The molecule has 0 bridgehead atoms. The van der Waals surface area contributed by atoms with Crippen molar-refractivity contribution in [1.82, 2.24) is 19.1 Å². The molecule has 0 fully saturated rings. The van der Waals surface area contributed by atoms with E-state index in [1.165, 1.54) is 22.5 Å². The van der Waals surface area contributed by atoms with Gasteiger partial charge in [-0.2, -0.15) is 0 Å². The van der Waals surface area contributed by atoms with Crippen molar-refractivity contribution in [3.8, 4) is 28.7 Å². The number of benzene rings is 6. The van der Waals surface area contributed by atoms with Crippen molar-refractivity contribution >= 4 is 49.9 Å². The van der Waals surface area contributed by atoms with Crippen LogP contribution < -0.4 is 9.64 Å². The Bertz CT molecular complexity index is 2820. The van der Waals surface area contributed by atoms with Crippen LogP contribution in [-0.2, 0) is 12.5 Å². The van der Waals surface area contributed by atoms with Gasteiger partial charge in [0.05, 0.1) is 33.4 Å². The second-order valence-electron chi connectivity index (χ2n) is 14.0. The maximum Gasteiger partial charge on any atom is 0.140 e. The first-order valence-corrected chi connectivity index (χ1v) is 17.6. The first kappa shape index (κ1) is 30.2. The Hall–Kier alpha value is -6.66. The van der Waals surface area contributed by atoms with Gasteiger partial charge < -0.3 is 14.2 Å². The molecule has 0 unspecified atom stereocenters. The molecule has 3 aromatic heterocycles. The maximum absolute atomic E-state index is 6.62. The normalized spacial score (nSPS) is 13.4. The van der Waals surface area contributed by atoms with E-state index in [0.717, 1.165) is 67.2 Å². The Morgan fingerprint density at radius 3 is 2.19 bits per heavy atom. The van der Waals surface area contributed by atoms with Crippen LogP contribution in [0.3, 0.4) is 0 Å². The standard InChI is InChI=1S/C46H35N5O/c1-46(2)36-18-7-9-20-39(36)50(31-15-5-4-6-16-31)43-28-35-34-24-23-33(27-41(34)51(42(35)29-37(43)46)44-22-11-12-25-47-44)52-32-17-13-14-30(26-32)45-48-38-19-8-10-21-40(38)49(45)3/h4-29H,1-3H3. The summed E-state index contributed by atoms with van der Waals surface area (Å²) in [6, 6.07) is 53.0. The molecular formula is C46H35N5O. The quantitative estimate of drug-likeness (QED) is 0.182. The van der Waals surface area contributed by atoms with Gasteiger partial charge in [-0.05, 0) is 90.0 Å². The lowest BCUT2D eigenvalue weighted by atomic mass is 9.73. The lowest BCUT2D eigenvalue weighted by Crippen LogP contribution is -2.30. The van der Waals surface area contributed by atoms with Crippen LogP contribution in [0.1, 0.15) is 25.0 Å². The molecular weight excluding hydrogens is 639 g/mol. The summed E-state index contributed by atoms with van der Waals surface area (Å²) >= 11 is 0. The predicted octanol–water partition coefficient (Wildman–Crippen LogP) is 11.6. The molecule has 10 rings (SSSR count). The zero-order valence-corrected chi connectivity index (χ0v) is 29.2. The van der Waals surface area contributed by atoms with Gasteiger partial charge in [-0.25, -0.2) is 9.97 Å². The molecule has 0 saturated heterocycles. The Balaban J connectivity index is 1.15. The number of fused-ring (bicyclic) bond motifs is 6. The number of aryl methyl sites for hydroxylation is 1. The first-order chi connectivity index (χ1) is 25.5. The molecule has 0 spiro atoms. The summed E-state index contributed by atoms with van der Waals surface area (Å²) in [4.78, 5) is 12.2. The molecule has 0 amide bonds. The Morgan fingerprint density at radius 1 is 0.577 bits per heavy atom. The minimum atomic E-state index is -0.241. The molecule has 9 aromatic rings. The maximum atomic E-state index is 6.62. The van der Waals surface area contributed by atoms with Crippen molar-refractivity contribution in [2.75, 3.05) is 4.90 Å². The monoisotopic (exact) mass is 673 g/mol. The van der Waals surface area contributed by atoms with E-state index < -0.39 is 0 Å². The average Bonchev–Trinajstić information content (AvgIpc) is 3.69. The van der Waals surface area contributed by atoms with Crippen LogP contribution in [0.2, 0.25) is 0 Å². The Morgan fingerprint density at radius 2 is 1.35 bits per heavy atom. The number of ether oxygens (including phenoxy) is 1. The van der Waals surface area contributed by atoms with Crippen LogP contribution in [0.4, 0.5) is 17.1 Å². The van der Waals surface area contributed by atoms with Crippen molar-refractivity contribution < 1.29 is 4.74 Å². The third-order valence-corrected chi connectivity index (χ3v) is 10.6. The zero-order chi connectivity index (χ0) is 35.0. The topological polar surface area (TPSA) is 48.1 Å². The predicted molar refractivity (Wildman–Crippen MR) is 212 cm³/mol. The SMILES string of the molecule is Cn1c(-c2cccc(Oc3ccc4c5cc6c(cc5n(-c5ccccn5)c4c3)C(C)(C)c3ccccc3N6c3ccccc3)c2)nc2ccccc21. The number of anilines is 3. The Labute approximate surface area is 301 Å². The van der Waals surface area contributed by atoms with Crippen molar-refractivity contribution in [2.24, 2.45) is 7.05 Å². The van der Waals surface area contributed by atoms with Crippen LogP contribution in [0, 0.1) is 0 Å². The lowest BCUT2D eigenvalue weighted by Gasteiger charge is -2.42. The molecule has 6 nitrogen and oxygen atoms in total. The van der Waals surface area contributed by atoms with Gasteiger partial charge >= 0.3 is 0 Å². The second kappa shape index (κ2) is 11.4. The van der Waals surface area contributed by atoms with Crippen LogP contribution >= 0.6 is 0 Å². The lowest BCUT2D eigenvalue weighted by molar-refractivity contribution is 0.483. The molecule has 0 radical (unpaired) electrons. The fraction of sp³-hybridized carbons (Fsp3) is 0.0870. The van der Waals surface area contributed by atoms with Crippen LogP contribution in [0.15, 0.2) is 158 Å². The Kier molecular flexibility index (Phi) is 6.64. The number of para-hydroxylation sites is 4. The molecule has 1 aliphatic heterocycles. The summed E-state index contributed by atoms with van der Waals surface area (Å²) < 4.78 is 11.0. The number of hydrogen-bond donors (Lipinski definition) is 0. The van der Waals surface area contributed by atoms with E-state index >= 15 is 0 Å². The number of nitrogens with zero attached hydrogens (tertiary/aromatic N) is 5. The third kappa shape index (κ3) is 4.57. The van der Waals surface area contributed by atoms with Gasteiger partial charge in [0.15, 0.2) is 0 Å².